The molecule has 0 unspecified atom stereocenters. The van der Waals surface area contributed by atoms with Crippen LogP contribution < -0.4 is 10.2 Å². The van der Waals surface area contributed by atoms with Crippen LogP contribution in [0.4, 0.5) is 15.8 Å². The number of nitrogens with one attached hydrogen (secondary N) is 1. The summed E-state index contributed by atoms with van der Waals surface area (Å²) in [6, 6.07) is 11.0. The summed E-state index contributed by atoms with van der Waals surface area (Å²) in [4.78, 5) is 15.6. The lowest BCUT2D eigenvalue weighted by atomic mass is 10.2. The van der Waals surface area contributed by atoms with E-state index in [0.29, 0.717) is 60.0 Å². The van der Waals surface area contributed by atoms with Crippen LogP contribution in [0.15, 0.2) is 47.4 Å². The van der Waals surface area contributed by atoms with Gasteiger partial charge in [0.25, 0.3) is 5.91 Å². The zero-order valence-electron chi connectivity index (χ0n) is 18.5. The lowest BCUT2D eigenvalue weighted by Crippen LogP contribution is -2.37. The summed E-state index contributed by atoms with van der Waals surface area (Å²) >= 11 is 1.19. The Balaban J connectivity index is 1.72. The molecule has 0 spiro atoms. The number of thiophene rings is 1. The number of amides is 1. The molecule has 4 rings (SSSR count). The fourth-order valence-corrected chi connectivity index (χ4v) is 6.34. The molecule has 2 heterocycles. The van der Waals surface area contributed by atoms with Gasteiger partial charge in [0.1, 0.15) is 5.82 Å². The smallest absolute Gasteiger partial charge is 0.265 e. The van der Waals surface area contributed by atoms with Gasteiger partial charge in [-0.2, -0.15) is 4.31 Å². The Bertz CT molecular complexity index is 1270. The van der Waals surface area contributed by atoms with Crippen LogP contribution in [0.2, 0.25) is 0 Å². The molecule has 2 aromatic carbocycles. The van der Waals surface area contributed by atoms with E-state index in [1.807, 2.05) is 0 Å². The van der Waals surface area contributed by atoms with E-state index in [1.165, 1.54) is 33.8 Å². The summed E-state index contributed by atoms with van der Waals surface area (Å²) < 4.78 is 47.8. The number of rotatable bonds is 7. The van der Waals surface area contributed by atoms with Crippen molar-refractivity contribution in [2.45, 2.75) is 18.7 Å². The Morgan fingerprint density at radius 1 is 1.15 bits per heavy atom. The van der Waals surface area contributed by atoms with Gasteiger partial charge in [-0.3, -0.25) is 4.79 Å². The van der Waals surface area contributed by atoms with Crippen molar-refractivity contribution in [3.05, 3.63) is 53.2 Å². The third kappa shape index (κ3) is 4.74. The second kappa shape index (κ2) is 9.76. The van der Waals surface area contributed by atoms with Crippen molar-refractivity contribution < 1.29 is 22.3 Å². The van der Waals surface area contributed by atoms with Gasteiger partial charge in [0.05, 0.1) is 34.4 Å². The summed E-state index contributed by atoms with van der Waals surface area (Å²) in [5, 5.41) is 3.26. The number of carbonyl (C=O) groups is 1. The van der Waals surface area contributed by atoms with Gasteiger partial charge in [-0.05, 0) is 36.4 Å². The van der Waals surface area contributed by atoms with Gasteiger partial charge in [0, 0.05) is 36.3 Å². The number of morpholine rings is 1. The summed E-state index contributed by atoms with van der Waals surface area (Å²) in [6.45, 7) is 6.60. The van der Waals surface area contributed by atoms with Crippen molar-refractivity contribution in [1.29, 1.82) is 0 Å². The van der Waals surface area contributed by atoms with Crippen LogP contribution in [-0.2, 0) is 14.8 Å². The van der Waals surface area contributed by atoms with Crippen LogP contribution in [0, 0.1) is 5.82 Å². The number of fused-ring (bicyclic) bond motifs is 1. The minimum absolute atomic E-state index is 0.112. The van der Waals surface area contributed by atoms with E-state index in [0.717, 1.165) is 5.69 Å². The highest BCUT2D eigenvalue weighted by molar-refractivity contribution is 7.89. The number of hydrogen-bond donors (Lipinski definition) is 1. The van der Waals surface area contributed by atoms with Crippen LogP contribution in [0.3, 0.4) is 0 Å². The quantitative estimate of drug-likeness (QED) is 0.537. The highest BCUT2D eigenvalue weighted by Gasteiger charge is 2.25. The van der Waals surface area contributed by atoms with Gasteiger partial charge in [-0.1, -0.05) is 19.9 Å². The predicted octanol–water partition coefficient (Wildman–Crippen LogP) is 4.16. The van der Waals surface area contributed by atoms with E-state index in [1.54, 1.807) is 38.1 Å². The average Bonchev–Trinajstić information content (AvgIpc) is 3.26. The molecule has 0 saturated carbocycles. The Morgan fingerprint density at radius 3 is 2.55 bits per heavy atom. The zero-order valence-corrected chi connectivity index (χ0v) is 20.1. The number of sulfonamides is 1. The molecule has 3 aromatic rings. The summed E-state index contributed by atoms with van der Waals surface area (Å²) in [5.74, 6) is -0.799. The topological polar surface area (TPSA) is 79.0 Å². The molecular formula is C23H26FN3O4S2. The van der Waals surface area contributed by atoms with E-state index < -0.39 is 15.9 Å². The molecule has 7 nitrogen and oxygen atoms in total. The van der Waals surface area contributed by atoms with Gasteiger partial charge in [-0.25, -0.2) is 12.8 Å². The van der Waals surface area contributed by atoms with Gasteiger partial charge in [0.2, 0.25) is 10.0 Å². The first-order valence-electron chi connectivity index (χ1n) is 10.8. The Hall–Kier alpha value is -2.53. The Morgan fingerprint density at radius 2 is 1.88 bits per heavy atom. The number of ether oxygens (including phenoxy) is 1. The molecule has 0 atom stereocenters. The van der Waals surface area contributed by atoms with Crippen LogP contribution >= 0.6 is 11.3 Å². The predicted molar refractivity (Wildman–Crippen MR) is 129 cm³/mol. The molecule has 1 aliphatic heterocycles. The molecule has 33 heavy (non-hydrogen) atoms. The Kier molecular flexibility index (Phi) is 6.99. The third-order valence-corrected chi connectivity index (χ3v) is 8.79. The van der Waals surface area contributed by atoms with Gasteiger partial charge < -0.3 is 15.0 Å². The zero-order chi connectivity index (χ0) is 23.6. The van der Waals surface area contributed by atoms with E-state index in [-0.39, 0.29) is 10.7 Å². The third-order valence-electron chi connectivity index (χ3n) is 5.64. The lowest BCUT2D eigenvalue weighted by Gasteiger charge is -2.31. The number of halogens is 1. The van der Waals surface area contributed by atoms with Crippen molar-refractivity contribution in [2.24, 2.45) is 0 Å². The standard InChI is InChI=1S/C23H26FN3O4S2/c1-3-27(4-2)33(29,30)16-8-9-20(26-10-12-31-13-11-26)19(14-16)25-23(28)22-15-17-18(24)6-5-7-21(17)32-22/h5-9,14-15H,3-4,10-13H2,1-2H3,(H,25,28). The first-order valence-corrected chi connectivity index (χ1v) is 13.1. The Labute approximate surface area is 196 Å². The van der Waals surface area contributed by atoms with E-state index >= 15 is 0 Å². The second-order valence-corrected chi connectivity index (χ2v) is 10.6. The van der Waals surface area contributed by atoms with E-state index in [4.69, 9.17) is 4.74 Å². The minimum Gasteiger partial charge on any atom is -0.378 e. The van der Waals surface area contributed by atoms with Crippen LogP contribution in [-0.4, -0.2) is 58.0 Å². The minimum atomic E-state index is -3.71. The molecule has 1 N–H and O–H groups in total. The number of benzene rings is 2. The molecule has 1 fully saturated rings. The van der Waals surface area contributed by atoms with Gasteiger partial charge in [0.15, 0.2) is 0 Å². The summed E-state index contributed by atoms with van der Waals surface area (Å²) in [5.41, 5.74) is 1.12. The van der Waals surface area contributed by atoms with E-state index in [9.17, 15) is 17.6 Å². The highest BCUT2D eigenvalue weighted by Crippen LogP contribution is 2.33. The van der Waals surface area contributed by atoms with Crippen molar-refractivity contribution in [3.8, 4) is 0 Å². The molecule has 10 heteroatoms. The molecule has 1 amide bonds. The summed E-state index contributed by atoms with van der Waals surface area (Å²) in [7, 11) is -3.71. The van der Waals surface area contributed by atoms with Crippen molar-refractivity contribution in [1.82, 2.24) is 4.31 Å². The number of anilines is 2. The fourth-order valence-electron chi connectivity index (χ4n) is 3.89. The van der Waals surface area contributed by atoms with Crippen molar-refractivity contribution in [3.63, 3.8) is 0 Å². The maximum absolute atomic E-state index is 14.1. The van der Waals surface area contributed by atoms with Crippen LogP contribution in [0.5, 0.6) is 0 Å². The molecule has 0 radical (unpaired) electrons. The maximum atomic E-state index is 14.1. The normalized spacial score (nSPS) is 14.7. The van der Waals surface area contributed by atoms with Crippen molar-refractivity contribution >= 4 is 48.7 Å². The largest absolute Gasteiger partial charge is 0.378 e. The van der Waals surface area contributed by atoms with Crippen molar-refractivity contribution in [2.75, 3.05) is 49.6 Å². The van der Waals surface area contributed by atoms with Crippen LogP contribution in [0.1, 0.15) is 23.5 Å². The lowest BCUT2D eigenvalue weighted by molar-refractivity contribution is 0.103. The van der Waals surface area contributed by atoms with Gasteiger partial charge in [-0.15, -0.1) is 11.3 Å². The summed E-state index contributed by atoms with van der Waals surface area (Å²) in [6.07, 6.45) is 0. The molecule has 1 saturated heterocycles. The monoisotopic (exact) mass is 491 g/mol. The van der Waals surface area contributed by atoms with E-state index in [2.05, 4.69) is 10.2 Å². The fraction of sp³-hybridized carbons (Fsp3) is 0.348. The number of carbonyl (C=O) groups excluding carboxylic acids is 1. The SMILES string of the molecule is CCN(CC)S(=O)(=O)c1ccc(N2CCOCC2)c(NC(=O)c2cc3c(F)cccc3s2)c1. The molecule has 0 aliphatic carbocycles. The second-order valence-electron chi connectivity index (χ2n) is 7.58. The molecule has 0 bridgehead atoms. The first-order chi connectivity index (χ1) is 15.8. The maximum Gasteiger partial charge on any atom is 0.265 e. The molecular weight excluding hydrogens is 465 g/mol. The molecule has 1 aromatic heterocycles. The number of nitrogens with zero attached hydrogens (tertiary/aromatic N) is 2. The first kappa shape index (κ1) is 23.6. The van der Waals surface area contributed by atoms with Gasteiger partial charge >= 0.3 is 0 Å². The molecule has 1 aliphatic rings. The van der Waals surface area contributed by atoms with Crippen LogP contribution in [0.25, 0.3) is 10.1 Å². The average molecular weight is 492 g/mol. The molecule has 176 valence electrons. The highest BCUT2D eigenvalue weighted by atomic mass is 32.2. The number of hydrogen-bond acceptors (Lipinski definition) is 6.